The van der Waals surface area contributed by atoms with Crippen molar-refractivity contribution in [2.24, 2.45) is 11.7 Å². The van der Waals surface area contributed by atoms with Crippen molar-refractivity contribution in [1.82, 2.24) is 0 Å². The van der Waals surface area contributed by atoms with Gasteiger partial charge in [0.2, 0.25) is 5.91 Å². The van der Waals surface area contributed by atoms with E-state index < -0.39 is 17.4 Å². The maximum absolute atomic E-state index is 10.9. The van der Waals surface area contributed by atoms with Gasteiger partial charge in [0.15, 0.2) is 6.29 Å². The minimum Gasteiger partial charge on any atom is -0.500 e. The summed E-state index contributed by atoms with van der Waals surface area (Å²) < 4.78 is 10.1. The highest BCUT2D eigenvalue weighted by molar-refractivity contribution is 5.86. The molecule has 0 aliphatic heterocycles. The highest BCUT2D eigenvalue weighted by atomic mass is 16.5. The van der Waals surface area contributed by atoms with Crippen molar-refractivity contribution >= 4 is 12.2 Å². The van der Waals surface area contributed by atoms with E-state index in [0.29, 0.717) is 12.0 Å². The maximum Gasteiger partial charge on any atom is 0.244 e. The number of amides is 1. The first-order valence-electron chi connectivity index (χ1n) is 4.47. The quantitative estimate of drug-likeness (QED) is 0.391. The van der Waals surface area contributed by atoms with Gasteiger partial charge in [0.05, 0.1) is 7.11 Å². The fourth-order valence-corrected chi connectivity index (χ4v) is 1.11. The monoisotopic (exact) mass is 215 g/mol. The van der Waals surface area contributed by atoms with Gasteiger partial charge in [0.25, 0.3) is 0 Å². The normalized spacial score (nSPS) is 17.7. The second kappa shape index (κ2) is 5.50. The van der Waals surface area contributed by atoms with E-state index in [1.807, 2.05) is 0 Å². The molecule has 0 saturated carbocycles. The first-order valence-corrected chi connectivity index (χ1v) is 4.47. The number of methoxy groups -OCH3 is 2. The molecule has 15 heavy (non-hydrogen) atoms. The fourth-order valence-electron chi connectivity index (χ4n) is 1.11. The Morgan fingerprint density at radius 3 is 2.27 bits per heavy atom. The summed E-state index contributed by atoms with van der Waals surface area (Å²) in [7, 11) is 2.83. The second-order valence-corrected chi connectivity index (χ2v) is 3.38. The molecule has 0 saturated heterocycles. The summed E-state index contributed by atoms with van der Waals surface area (Å²) in [5.74, 6) is -0.695. The molecule has 0 unspecified atom stereocenters. The summed E-state index contributed by atoms with van der Waals surface area (Å²) in [6, 6.07) is 0. The lowest BCUT2D eigenvalue weighted by Gasteiger charge is -2.29. The smallest absolute Gasteiger partial charge is 0.244 e. The van der Waals surface area contributed by atoms with Crippen LogP contribution >= 0.6 is 0 Å². The SMILES string of the molecule is CO/C(=C/C(N)=O)[C@H](C)[C@@](C)(C=O)OC. The van der Waals surface area contributed by atoms with Gasteiger partial charge in [-0.3, -0.25) is 4.79 Å². The molecule has 0 aliphatic carbocycles. The van der Waals surface area contributed by atoms with Gasteiger partial charge < -0.3 is 20.0 Å². The molecule has 0 bridgehead atoms. The van der Waals surface area contributed by atoms with Crippen molar-refractivity contribution in [3.05, 3.63) is 11.8 Å². The van der Waals surface area contributed by atoms with Crippen LogP contribution in [0.25, 0.3) is 0 Å². The van der Waals surface area contributed by atoms with Crippen molar-refractivity contribution in [2.75, 3.05) is 14.2 Å². The molecule has 0 radical (unpaired) electrons. The van der Waals surface area contributed by atoms with Crippen LogP contribution < -0.4 is 5.73 Å². The largest absolute Gasteiger partial charge is 0.500 e. The molecule has 86 valence electrons. The molecule has 0 rings (SSSR count). The van der Waals surface area contributed by atoms with E-state index in [0.717, 1.165) is 6.08 Å². The molecule has 0 aromatic rings. The number of primary amides is 1. The van der Waals surface area contributed by atoms with E-state index in [2.05, 4.69) is 0 Å². The van der Waals surface area contributed by atoms with Crippen molar-refractivity contribution < 1.29 is 19.1 Å². The highest BCUT2D eigenvalue weighted by Gasteiger charge is 2.34. The molecule has 0 aromatic heterocycles. The van der Waals surface area contributed by atoms with Gasteiger partial charge in [-0.15, -0.1) is 0 Å². The van der Waals surface area contributed by atoms with Crippen LogP contribution in [0.4, 0.5) is 0 Å². The Hall–Kier alpha value is -1.36. The molecule has 2 atom stereocenters. The van der Waals surface area contributed by atoms with Crippen LogP contribution in [-0.2, 0) is 19.1 Å². The van der Waals surface area contributed by atoms with Gasteiger partial charge in [0.1, 0.15) is 11.4 Å². The summed E-state index contributed by atoms with van der Waals surface area (Å²) in [5.41, 5.74) is 3.98. The third kappa shape index (κ3) is 3.36. The Morgan fingerprint density at radius 1 is 1.47 bits per heavy atom. The van der Waals surface area contributed by atoms with E-state index in [4.69, 9.17) is 15.2 Å². The number of nitrogens with two attached hydrogens (primary N) is 1. The van der Waals surface area contributed by atoms with Crippen LogP contribution in [0.3, 0.4) is 0 Å². The van der Waals surface area contributed by atoms with Crippen LogP contribution in [0, 0.1) is 5.92 Å². The first-order chi connectivity index (χ1) is 6.91. The zero-order valence-corrected chi connectivity index (χ0v) is 9.44. The average molecular weight is 215 g/mol. The van der Waals surface area contributed by atoms with Crippen molar-refractivity contribution in [2.45, 2.75) is 19.4 Å². The van der Waals surface area contributed by atoms with Gasteiger partial charge in [-0.1, -0.05) is 6.92 Å². The number of carbonyl (C=O) groups excluding carboxylic acids is 2. The van der Waals surface area contributed by atoms with Crippen molar-refractivity contribution in [1.29, 1.82) is 0 Å². The average Bonchev–Trinajstić information content (AvgIpc) is 2.23. The predicted octanol–water partition coefficient (Wildman–Crippen LogP) is 0.242. The lowest BCUT2D eigenvalue weighted by Crippen LogP contribution is -2.38. The number of carbonyl (C=O) groups is 2. The van der Waals surface area contributed by atoms with Gasteiger partial charge in [-0.25, -0.2) is 0 Å². The molecule has 0 aliphatic rings. The molecule has 0 aromatic carbocycles. The van der Waals surface area contributed by atoms with E-state index in [-0.39, 0.29) is 0 Å². The van der Waals surface area contributed by atoms with E-state index in [9.17, 15) is 9.59 Å². The summed E-state index contributed by atoms with van der Waals surface area (Å²) >= 11 is 0. The Kier molecular flexibility index (Phi) is 5.00. The third-order valence-corrected chi connectivity index (χ3v) is 2.48. The molecule has 0 heterocycles. The van der Waals surface area contributed by atoms with Crippen LogP contribution in [0.5, 0.6) is 0 Å². The molecule has 1 amide bonds. The molecular weight excluding hydrogens is 198 g/mol. The standard InChI is InChI=1S/C10H17NO4/c1-7(10(2,6-12)15-4)8(14-3)5-9(11)13/h5-7H,1-4H3,(H2,11,13)/b8-5+/t7-,10+/m0/s1. The van der Waals surface area contributed by atoms with E-state index in [1.54, 1.807) is 13.8 Å². The maximum atomic E-state index is 10.9. The fraction of sp³-hybridized carbons (Fsp3) is 0.600. The van der Waals surface area contributed by atoms with Crippen molar-refractivity contribution in [3.8, 4) is 0 Å². The molecule has 5 nitrogen and oxygen atoms in total. The zero-order valence-electron chi connectivity index (χ0n) is 9.44. The van der Waals surface area contributed by atoms with Gasteiger partial charge >= 0.3 is 0 Å². The lowest BCUT2D eigenvalue weighted by atomic mass is 9.90. The minimum absolute atomic E-state index is 0.318. The Morgan fingerprint density at radius 2 is 2.00 bits per heavy atom. The third-order valence-electron chi connectivity index (χ3n) is 2.48. The molecule has 0 spiro atoms. The van der Waals surface area contributed by atoms with Crippen LogP contribution in [0.15, 0.2) is 11.8 Å². The molecule has 5 heteroatoms. The predicted molar refractivity (Wildman–Crippen MR) is 54.9 cm³/mol. The summed E-state index contributed by atoms with van der Waals surface area (Å²) in [6.07, 6.45) is 1.82. The number of ether oxygens (including phenoxy) is 2. The molecular formula is C10H17NO4. The summed E-state index contributed by atoms with van der Waals surface area (Å²) in [6.45, 7) is 3.33. The summed E-state index contributed by atoms with van der Waals surface area (Å²) in [5, 5.41) is 0. The van der Waals surface area contributed by atoms with Gasteiger partial charge in [-0.2, -0.15) is 0 Å². The molecule has 2 N–H and O–H groups in total. The van der Waals surface area contributed by atoms with Crippen LogP contribution in [-0.4, -0.2) is 32.0 Å². The van der Waals surface area contributed by atoms with Crippen molar-refractivity contribution in [3.63, 3.8) is 0 Å². The van der Waals surface area contributed by atoms with Gasteiger partial charge in [-0.05, 0) is 6.92 Å². The number of hydrogen-bond acceptors (Lipinski definition) is 4. The Labute approximate surface area is 89.2 Å². The first kappa shape index (κ1) is 13.6. The topological polar surface area (TPSA) is 78.6 Å². The second-order valence-electron chi connectivity index (χ2n) is 3.38. The Balaban J connectivity index is 5.02. The number of rotatable bonds is 6. The summed E-state index contributed by atoms with van der Waals surface area (Å²) in [4.78, 5) is 21.6. The highest BCUT2D eigenvalue weighted by Crippen LogP contribution is 2.26. The minimum atomic E-state index is -1.03. The number of aldehydes is 1. The zero-order chi connectivity index (χ0) is 12.1. The van der Waals surface area contributed by atoms with Crippen LogP contribution in [0.1, 0.15) is 13.8 Å². The Bertz CT molecular complexity index is 275. The molecule has 0 fully saturated rings. The van der Waals surface area contributed by atoms with Crippen LogP contribution in [0.2, 0.25) is 0 Å². The number of hydrogen-bond donors (Lipinski definition) is 1. The lowest BCUT2D eigenvalue weighted by molar-refractivity contribution is -0.131. The van der Waals surface area contributed by atoms with E-state index >= 15 is 0 Å². The van der Waals surface area contributed by atoms with Gasteiger partial charge in [0, 0.05) is 19.1 Å². The van der Waals surface area contributed by atoms with E-state index in [1.165, 1.54) is 14.2 Å².